The van der Waals surface area contributed by atoms with Crippen molar-refractivity contribution in [2.45, 2.75) is 31.3 Å². The lowest BCUT2D eigenvalue weighted by Gasteiger charge is -2.41. The van der Waals surface area contributed by atoms with E-state index in [0.717, 1.165) is 36.9 Å². The molecule has 0 saturated heterocycles. The van der Waals surface area contributed by atoms with Crippen molar-refractivity contribution in [3.8, 4) is 0 Å². The monoisotopic (exact) mass is 204 g/mol. The molecular formula is C12H16N2O. The lowest BCUT2D eigenvalue weighted by molar-refractivity contribution is -0.0428. The predicted molar refractivity (Wildman–Crippen MR) is 57.2 cm³/mol. The highest BCUT2D eigenvalue weighted by Crippen LogP contribution is 2.63. The fourth-order valence-electron chi connectivity index (χ4n) is 3.00. The molecule has 1 aromatic heterocycles. The molecule has 2 aliphatic rings. The van der Waals surface area contributed by atoms with E-state index in [-0.39, 0.29) is 5.41 Å². The lowest BCUT2D eigenvalue weighted by Crippen LogP contribution is -2.47. The van der Waals surface area contributed by atoms with Crippen LogP contribution in [0.2, 0.25) is 0 Å². The van der Waals surface area contributed by atoms with Gasteiger partial charge in [0.15, 0.2) is 0 Å². The van der Waals surface area contributed by atoms with Crippen LogP contribution in [0.4, 0.5) is 0 Å². The van der Waals surface area contributed by atoms with Gasteiger partial charge in [-0.3, -0.25) is 4.98 Å². The average molecular weight is 204 g/mol. The molecule has 0 aromatic carbocycles. The molecule has 3 N–H and O–H groups in total. The smallest absolute Gasteiger partial charge is 0.109 e. The molecule has 1 aromatic rings. The zero-order chi connectivity index (χ0) is 10.5. The van der Waals surface area contributed by atoms with E-state index in [4.69, 9.17) is 5.73 Å². The third-order valence-electron chi connectivity index (χ3n) is 4.20. The quantitative estimate of drug-likeness (QED) is 0.716. The largest absolute Gasteiger partial charge is 0.383 e. The summed E-state index contributed by atoms with van der Waals surface area (Å²) < 4.78 is 0. The van der Waals surface area contributed by atoms with Crippen molar-refractivity contribution in [3.63, 3.8) is 0 Å². The topological polar surface area (TPSA) is 59.1 Å². The van der Waals surface area contributed by atoms with E-state index in [1.165, 1.54) is 0 Å². The maximum Gasteiger partial charge on any atom is 0.109 e. The highest BCUT2D eigenvalue weighted by molar-refractivity contribution is 5.35. The van der Waals surface area contributed by atoms with E-state index in [1.54, 1.807) is 6.20 Å². The Hall–Kier alpha value is -0.930. The average Bonchev–Trinajstić information content (AvgIpc) is 3.06. The van der Waals surface area contributed by atoms with Crippen molar-refractivity contribution < 1.29 is 5.11 Å². The number of pyridine rings is 1. The van der Waals surface area contributed by atoms with E-state index in [9.17, 15) is 5.11 Å². The Morgan fingerprint density at radius 2 is 2.20 bits per heavy atom. The van der Waals surface area contributed by atoms with Crippen LogP contribution in [-0.4, -0.2) is 16.6 Å². The molecule has 1 saturated carbocycles. The highest BCUT2D eigenvalue weighted by Gasteiger charge is 2.60. The number of nitrogens with two attached hydrogens (primary N) is 1. The van der Waals surface area contributed by atoms with Gasteiger partial charge in [0.1, 0.15) is 5.60 Å². The van der Waals surface area contributed by atoms with E-state index >= 15 is 0 Å². The Balaban J connectivity index is 2.16. The Morgan fingerprint density at radius 1 is 1.40 bits per heavy atom. The Morgan fingerprint density at radius 3 is 2.87 bits per heavy atom. The first kappa shape index (κ1) is 9.31. The third kappa shape index (κ3) is 1.05. The molecular weight excluding hydrogens is 188 g/mol. The van der Waals surface area contributed by atoms with Crippen LogP contribution in [0.15, 0.2) is 18.3 Å². The van der Waals surface area contributed by atoms with Gasteiger partial charge in [-0.1, -0.05) is 6.07 Å². The zero-order valence-corrected chi connectivity index (χ0v) is 8.74. The first-order valence-corrected chi connectivity index (χ1v) is 5.59. The number of hydrogen-bond acceptors (Lipinski definition) is 3. The minimum absolute atomic E-state index is 0.0672. The summed E-state index contributed by atoms with van der Waals surface area (Å²) in [5.74, 6) is 0. The van der Waals surface area contributed by atoms with Crippen LogP contribution in [0.1, 0.15) is 30.5 Å². The molecule has 3 nitrogen and oxygen atoms in total. The molecule has 1 spiro atoms. The molecule has 80 valence electrons. The summed E-state index contributed by atoms with van der Waals surface area (Å²) in [6.45, 7) is 0.311. The van der Waals surface area contributed by atoms with E-state index in [0.29, 0.717) is 6.54 Å². The second kappa shape index (κ2) is 2.80. The normalized spacial score (nSPS) is 31.3. The van der Waals surface area contributed by atoms with Crippen molar-refractivity contribution >= 4 is 0 Å². The number of nitrogens with zero attached hydrogens (tertiary/aromatic N) is 1. The maximum absolute atomic E-state index is 10.8. The summed E-state index contributed by atoms with van der Waals surface area (Å²) in [4.78, 5) is 4.34. The van der Waals surface area contributed by atoms with Crippen LogP contribution in [0.5, 0.6) is 0 Å². The van der Waals surface area contributed by atoms with Crippen molar-refractivity contribution in [1.29, 1.82) is 0 Å². The molecule has 15 heavy (non-hydrogen) atoms. The second-order valence-electron chi connectivity index (χ2n) is 4.84. The van der Waals surface area contributed by atoms with Crippen LogP contribution < -0.4 is 5.73 Å². The zero-order valence-electron chi connectivity index (χ0n) is 8.74. The molecule has 2 aliphatic carbocycles. The van der Waals surface area contributed by atoms with Crippen LogP contribution in [0.3, 0.4) is 0 Å². The summed E-state index contributed by atoms with van der Waals surface area (Å²) >= 11 is 0. The standard InChI is InChI=1S/C12H16N2O/c13-8-12(15)9-2-1-7-14-10(9)3-4-11(12)5-6-11/h1-2,7,15H,3-6,8,13H2. The van der Waals surface area contributed by atoms with Crippen molar-refractivity contribution in [1.82, 2.24) is 4.98 Å². The SMILES string of the molecule is NCC1(O)c2cccnc2CCC12CC2. The molecule has 0 bridgehead atoms. The van der Waals surface area contributed by atoms with Crippen LogP contribution in [-0.2, 0) is 12.0 Å². The van der Waals surface area contributed by atoms with E-state index < -0.39 is 5.60 Å². The molecule has 0 aliphatic heterocycles. The molecule has 3 heteroatoms. The molecule has 1 unspecified atom stereocenters. The number of hydrogen-bond donors (Lipinski definition) is 2. The Labute approximate surface area is 89.3 Å². The van der Waals surface area contributed by atoms with Crippen molar-refractivity contribution in [2.24, 2.45) is 11.1 Å². The van der Waals surface area contributed by atoms with E-state index in [2.05, 4.69) is 4.98 Å². The van der Waals surface area contributed by atoms with Gasteiger partial charge >= 0.3 is 0 Å². The van der Waals surface area contributed by atoms with Gasteiger partial charge < -0.3 is 10.8 Å². The summed E-state index contributed by atoms with van der Waals surface area (Å²) in [5, 5.41) is 10.8. The van der Waals surface area contributed by atoms with Gasteiger partial charge in [-0.2, -0.15) is 0 Å². The number of aliphatic hydroxyl groups is 1. The number of rotatable bonds is 1. The molecule has 0 radical (unpaired) electrons. The van der Waals surface area contributed by atoms with Gasteiger partial charge in [-0.05, 0) is 31.7 Å². The number of fused-ring (bicyclic) bond motifs is 1. The van der Waals surface area contributed by atoms with Gasteiger partial charge in [0.2, 0.25) is 0 Å². The predicted octanol–water partition coefficient (Wildman–Crippen LogP) is 0.954. The summed E-state index contributed by atoms with van der Waals surface area (Å²) in [6, 6.07) is 3.87. The molecule has 1 heterocycles. The molecule has 1 fully saturated rings. The van der Waals surface area contributed by atoms with E-state index in [1.807, 2.05) is 12.1 Å². The summed E-state index contributed by atoms with van der Waals surface area (Å²) in [7, 11) is 0. The summed E-state index contributed by atoms with van der Waals surface area (Å²) in [5.41, 5.74) is 7.03. The lowest BCUT2D eigenvalue weighted by atomic mass is 9.70. The first-order chi connectivity index (χ1) is 7.22. The number of aromatic nitrogens is 1. The highest BCUT2D eigenvalue weighted by atomic mass is 16.3. The van der Waals surface area contributed by atoms with Gasteiger partial charge in [-0.25, -0.2) is 0 Å². The van der Waals surface area contributed by atoms with Gasteiger partial charge in [0, 0.05) is 29.4 Å². The molecule has 3 rings (SSSR count). The van der Waals surface area contributed by atoms with Crippen LogP contribution >= 0.6 is 0 Å². The number of aryl methyl sites for hydroxylation is 1. The molecule has 1 atom stereocenters. The Kier molecular flexibility index (Phi) is 1.74. The van der Waals surface area contributed by atoms with Gasteiger partial charge in [0.25, 0.3) is 0 Å². The first-order valence-electron chi connectivity index (χ1n) is 5.59. The Bertz CT molecular complexity index is 400. The third-order valence-corrected chi connectivity index (χ3v) is 4.20. The molecule has 0 amide bonds. The van der Waals surface area contributed by atoms with Gasteiger partial charge in [0.05, 0.1) is 0 Å². The maximum atomic E-state index is 10.8. The van der Waals surface area contributed by atoms with Crippen LogP contribution in [0.25, 0.3) is 0 Å². The van der Waals surface area contributed by atoms with Crippen LogP contribution in [0, 0.1) is 5.41 Å². The fourth-order valence-corrected chi connectivity index (χ4v) is 3.00. The van der Waals surface area contributed by atoms with Gasteiger partial charge in [-0.15, -0.1) is 0 Å². The fraction of sp³-hybridized carbons (Fsp3) is 0.583. The minimum atomic E-state index is -0.825. The minimum Gasteiger partial charge on any atom is -0.383 e. The second-order valence-corrected chi connectivity index (χ2v) is 4.84. The van der Waals surface area contributed by atoms with Crippen molar-refractivity contribution in [3.05, 3.63) is 29.6 Å². The van der Waals surface area contributed by atoms with Crippen molar-refractivity contribution in [2.75, 3.05) is 6.54 Å². The summed E-state index contributed by atoms with van der Waals surface area (Å²) in [6.07, 6.45) is 6.02.